The van der Waals surface area contributed by atoms with Gasteiger partial charge in [-0.05, 0) is 51.4 Å². The largest absolute Gasteiger partial charge is 0.396 e. The fourth-order valence-electron chi connectivity index (χ4n) is 1.87. The van der Waals surface area contributed by atoms with Gasteiger partial charge in [-0.1, -0.05) is 19.1 Å². The maximum absolute atomic E-state index is 8.63. The molecular weight excluding hydrogens is 256 g/mol. The first kappa shape index (κ1) is 19.8. The Balaban J connectivity index is 3.24. The van der Waals surface area contributed by atoms with Crippen molar-refractivity contribution in [3.05, 3.63) is 12.2 Å². The predicted octanol–water partition coefficient (Wildman–Crippen LogP) is 5.24. The molecule has 0 amide bonds. The van der Waals surface area contributed by atoms with Gasteiger partial charge in [0.15, 0.2) is 0 Å². The van der Waals surface area contributed by atoms with Crippen LogP contribution in [-0.4, -0.2) is 11.7 Å². The summed E-state index contributed by atoms with van der Waals surface area (Å²) in [5.41, 5.74) is 0. The van der Waals surface area contributed by atoms with Gasteiger partial charge >= 0.3 is 0 Å². The van der Waals surface area contributed by atoms with Crippen molar-refractivity contribution in [1.29, 1.82) is 0 Å². The van der Waals surface area contributed by atoms with E-state index in [1.54, 1.807) is 0 Å². The zero-order valence-electron chi connectivity index (χ0n) is 13.8. The highest BCUT2D eigenvalue weighted by atomic mass is 16.2. The van der Waals surface area contributed by atoms with Crippen LogP contribution in [0.5, 0.6) is 0 Å². The molecule has 0 aliphatic heterocycles. The lowest BCUT2D eigenvalue weighted by Gasteiger charge is -1.92. The highest BCUT2D eigenvalue weighted by Gasteiger charge is 1.85. The molecule has 0 heterocycles. The average molecular weight is 288 g/mol. The van der Waals surface area contributed by atoms with Crippen LogP contribution in [0.4, 0.5) is 0 Å². The molecule has 1 nitrogen and oxygen atoms in total. The van der Waals surface area contributed by atoms with Gasteiger partial charge in [0, 0.05) is 32.3 Å². The summed E-state index contributed by atoms with van der Waals surface area (Å²) >= 11 is 0. The number of hydrogen-bond acceptors (Lipinski definition) is 1. The summed E-state index contributed by atoms with van der Waals surface area (Å²) in [5, 5.41) is 8.63. The standard InChI is InChI=1S/C20H32O/c1-2-3-4-5-6-7-8-9-10-11-12-13-14-15-16-17-18-19-20-21/h3-4,21H,2,5-8,11-14,17-20H2,1H3/b4-3-. The molecule has 0 aromatic rings. The first-order chi connectivity index (χ1) is 10.4. The molecule has 0 aliphatic rings. The molecule has 0 aliphatic carbocycles. The Morgan fingerprint density at radius 3 is 1.62 bits per heavy atom. The molecule has 0 bridgehead atoms. The van der Waals surface area contributed by atoms with Crippen molar-refractivity contribution in [1.82, 2.24) is 0 Å². The Bertz CT molecular complexity index is 346. The van der Waals surface area contributed by atoms with Crippen LogP contribution < -0.4 is 0 Å². The summed E-state index contributed by atoms with van der Waals surface area (Å²) in [6.07, 6.45) is 17.5. The monoisotopic (exact) mass is 288 g/mol. The lowest BCUT2D eigenvalue weighted by molar-refractivity contribution is 0.285. The topological polar surface area (TPSA) is 20.2 Å². The van der Waals surface area contributed by atoms with Crippen molar-refractivity contribution in [2.45, 2.75) is 84.0 Å². The fraction of sp³-hybridized carbons (Fsp3) is 0.700. The summed E-state index contributed by atoms with van der Waals surface area (Å²) in [6, 6.07) is 0. The molecule has 0 spiro atoms. The molecule has 21 heavy (non-hydrogen) atoms. The van der Waals surface area contributed by atoms with E-state index in [1.165, 1.54) is 19.3 Å². The zero-order chi connectivity index (χ0) is 15.4. The molecule has 0 aromatic heterocycles. The van der Waals surface area contributed by atoms with Gasteiger partial charge in [-0.15, -0.1) is 23.7 Å². The van der Waals surface area contributed by atoms with Gasteiger partial charge in [0.25, 0.3) is 0 Å². The number of hydrogen-bond donors (Lipinski definition) is 1. The number of unbranched alkanes of at least 4 members (excludes halogenated alkanes) is 8. The molecule has 0 atom stereocenters. The minimum absolute atomic E-state index is 0.287. The molecule has 0 fully saturated rings. The Kier molecular flexibility index (Phi) is 17.8. The molecule has 0 aromatic carbocycles. The van der Waals surface area contributed by atoms with E-state index in [1.807, 2.05) is 0 Å². The minimum atomic E-state index is 0.287. The fourth-order valence-corrected chi connectivity index (χ4v) is 1.87. The van der Waals surface area contributed by atoms with E-state index in [0.717, 1.165) is 57.8 Å². The van der Waals surface area contributed by atoms with Gasteiger partial charge in [0.1, 0.15) is 0 Å². The van der Waals surface area contributed by atoms with E-state index in [9.17, 15) is 0 Å². The molecule has 1 heteroatoms. The molecule has 0 radical (unpaired) electrons. The highest BCUT2D eigenvalue weighted by molar-refractivity contribution is 5.00. The van der Waals surface area contributed by atoms with E-state index in [0.29, 0.717) is 0 Å². The van der Waals surface area contributed by atoms with Crippen molar-refractivity contribution in [3.8, 4) is 23.7 Å². The maximum Gasteiger partial charge on any atom is 0.0431 e. The lowest BCUT2D eigenvalue weighted by Crippen LogP contribution is -1.80. The molecule has 0 saturated heterocycles. The first-order valence-electron chi connectivity index (χ1n) is 8.59. The third kappa shape index (κ3) is 18.8. The van der Waals surface area contributed by atoms with Crippen molar-refractivity contribution in [2.75, 3.05) is 6.61 Å². The smallest absolute Gasteiger partial charge is 0.0431 e. The number of allylic oxidation sites excluding steroid dienone is 2. The molecule has 0 unspecified atom stereocenters. The quantitative estimate of drug-likeness (QED) is 0.313. The van der Waals surface area contributed by atoms with Crippen LogP contribution in [0.15, 0.2) is 12.2 Å². The van der Waals surface area contributed by atoms with Gasteiger partial charge in [-0.25, -0.2) is 0 Å². The van der Waals surface area contributed by atoms with Crippen LogP contribution in [0, 0.1) is 23.7 Å². The normalized spacial score (nSPS) is 10.0. The van der Waals surface area contributed by atoms with E-state index >= 15 is 0 Å². The number of rotatable bonds is 11. The Labute approximate surface area is 132 Å². The van der Waals surface area contributed by atoms with E-state index in [4.69, 9.17) is 5.11 Å². The van der Waals surface area contributed by atoms with Crippen molar-refractivity contribution >= 4 is 0 Å². The average Bonchev–Trinajstić information content (AvgIpc) is 2.50. The summed E-state index contributed by atoms with van der Waals surface area (Å²) in [7, 11) is 0. The molecular formula is C20H32O. The van der Waals surface area contributed by atoms with Gasteiger partial charge in [0.05, 0.1) is 0 Å². The molecule has 1 N–H and O–H groups in total. The second kappa shape index (κ2) is 18.8. The second-order valence-electron chi connectivity index (χ2n) is 5.22. The zero-order valence-corrected chi connectivity index (χ0v) is 13.8. The van der Waals surface area contributed by atoms with Crippen molar-refractivity contribution < 1.29 is 5.11 Å². The molecule has 0 saturated carbocycles. The van der Waals surface area contributed by atoms with Gasteiger partial charge in [-0.2, -0.15) is 0 Å². The highest BCUT2D eigenvalue weighted by Crippen LogP contribution is 2.01. The lowest BCUT2D eigenvalue weighted by atomic mass is 10.1. The van der Waals surface area contributed by atoms with Crippen LogP contribution >= 0.6 is 0 Å². The number of aliphatic hydroxyl groups excluding tert-OH is 1. The van der Waals surface area contributed by atoms with Crippen molar-refractivity contribution in [3.63, 3.8) is 0 Å². The minimum Gasteiger partial charge on any atom is -0.396 e. The maximum atomic E-state index is 8.63. The van der Waals surface area contributed by atoms with Crippen LogP contribution in [0.25, 0.3) is 0 Å². The SMILES string of the molecule is CC/C=C\CCCCC#CCCCCC#CCCCCO. The Morgan fingerprint density at radius 1 is 0.667 bits per heavy atom. The van der Waals surface area contributed by atoms with Crippen LogP contribution in [0.1, 0.15) is 84.0 Å². The van der Waals surface area contributed by atoms with E-state index in [2.05, 4.69) is 42.8 Å². The summed E-state index contributed by atoms with van der Waals surface area (Å²) in [5.74, 6) is 12.9. The van der Waals surface area contributed by atoms with Crippen LogP contribution in [-0.2, 0) is 0 Å². The predicted molar refractivity (Wildman–Crippen MR) is 92.9 cm³/mol. The molecule has 0 rings (SSSR count). The van der Waals surface area contributed by atoms with E-state index < -0.39 is 0 Å². The van der Waals surface area contributed by atoms with Crippen LogP contribution in [0.2, 0.25) is 0 Å². The van der Waals surface area contributed by atoms with Crippen molar-refractivity contribution in [2.24, 2.45) is 0 Å². The van der Waals surface area contributed by atoms with E-state index in [-0.39, 0.29) is 6.61 Å². The Hall–Kier alpha value is -1.18. The van der Waals surface area contributed by atoms with Gasteiger partial charge in [0.2, 0.25) is 0 Å². The summed E-state index contributed by atoms with van der Waals surface area (Å²) < 4.78 is 0. The van der Waals surface area contributed by atoms with Crippen LogP contribution in [0.3, 0.4) is 0 Å². The van der Waals surface area contributed by atoms with Gasteiger partial charge in [-0.3, -0.25) is 0 Å². The summed E-state index contributed by atoms with van der Waals surface area (Å²) in [4.78, 5) is 0. The number of aliphatic hydroxyl groups is 1. The third-order valence-corrected chi connectivity index (χ3v) is 3.14. The second-order valence-corrected chi connectivity index (χ2v) is 5.22. The first-order valence-corrected chi connectivity index (χ1v) is 8.59. The summed E-state index contributed by atoms with van der Waals surface area (Å²) in [6.45, 7) is 2.46. The Morgan fingerprint density at radius 2 is 1.14 bits per heavy atom. The molecule has 118 valence electrons. The third-order valence-electron chi connectivity index (χ3n) is 3.14. The van der Waals surface area contributed by atoms with Gasteiger partial charge < -0.3 is 5.11 Å².